The molecule has 7 heteroatoms. The van der Waals surface area contributed by atoms with Gasteiger partial charge in [0.2, 0.25) is 5.91 Å². The highest BCUT2D eigenvalue weighted by Crippen LogP contribution is 2.15. The molecule has 0 radical (unpaired) electrons. The van der Waals surface area contributed by atoms with Gasteiger partial charge in [-0.2, -0.15) is 0 Å². The molecule has 23 heavy (non-hydrogen) atoms. The van der Waals surface area contributed by atoms with Gasteiger partial charge in [0.05, 0.1) is 12.0 Å². The van der Waals surface area contributed by atoms with Crippen molar-refractivity contribution in [3.05, 3.63) is 24.5 Å². The number of aromatic nitrogens is 1. The molecule has 132 valence electrons. The van der Waals surface area contributed by atoms with Crippen LogP contribution in [0.5, 0.6) is 0 Å². The molecule has 0 saturated heterocycles. The molecule has 1 aromatic rings. The van der Waals surface area contributed by atoms with Crippen LogP contribution in [0.1, 0.15) is 27.7 Å². The number of carbonyl (C=O) groups excluding carboxylic acids is 1. The van der Waals surface area contributed by atoms with Crippen molar-refractivity contribution < 1.29 is 4.79 Å². The van der Waals surface area contributed by atoms with Crippen LogP contribution in [0.4, 0.5) is 0 Å². The third kappa shape index (κ3) is 8.24. The van der Waals surface area contributed by atoms with E-state index in [4.69, 9.17) is 0 Å². The quantitative estimate of drug-likeness (QED) is 0.332. The minimum Gasteiger partial charge on any atom is -0.357 e. The Kier molecular flexibility index (Phi) is 10.7. The van der Waals surface area contributed by atoms with E-state index in [1.807, 2.05) is 52.2 Å². The number of nitrogens with zero attached hydrogens (tertiary/aromatic N) is 2. The molecule has 0 atom stereocenters. The molecule has 0 fully saturated rings. The minimum absolute atomic E-state index is 0. The molecule has 1 rings (SSSR count). The molecule has 1 amide bonds. The standard InChI is InChI=1S/C16H29N5O.HI/c1-5-17-14(22)16(3,4)13-20-15(18-6-2)19-9-12-21-10-7-8-11-21;/h7-8,10-11H,5-6,9,12-13H2,1-4H3,(H,17,22)(H2,18,19,20);1H. The number of halogens is 1. The second-order valence-corrected chi connectivity index (χ2v) is 5.79. The summed E-state index contributed by atoms with van der Waals surface area (Å²) in [6, 6.07) is 4.02. The molecule has 0 aliphatic heterocycles. The molecule has 3 N–H and O–H groups in total. The van der Waals surface area contributed by atoms with E-state index >= 15 is 0 Å². The monoisotopic (exact) mass is 435 g/mol. The van der Waals surface area contributed by atoms with Crippen LogP contribution in [0.2, 0.25) is 0 Å². The first kappa shape index (κ1) is 21.8. The summed E-state index contributed by atoms with van der Waals surface area (Å²) >= 11 is 0. The maximum Gasteiger partial charge on any atom is 0.227 e. The van der Waals surface area contributed by atoms with Crippen LogP contribution >= 0.6 is 24.0 Å². The summed E-state index contributed by atoms with van der Waals surface area (Å²) in [4.78, 5) is 16.5. The van der Waals surface area contributed by atoms with E-state index in [1.165, 1.54) is 0 Å². The maximum atomic E-state index is 12.0. The van der Waals surface area contributed by atoms with Crippen LogP contribution in [-0.4, -0.2) is 42.6 Å². The third-order valence-corrected chi connectivity index (χ3v) is 3.26. The largest absolute Gasteiger partial charge is 0.357 e. The summed E-state index contributed by atoms with van der Waals surface area (Å²) in [7, 11) is 0. The zero-order valence-corrected chi connectivity index (χ0v) is 16.9. The van der Waals surface area contributed by atoms with Crippen molar-refractivity contribution in [1.29, 1.82) is 0 Å². The van der Waals surface area contributed by atoms with Crippen molar-refractivity contribution in [2.24, 2.45) is 10.4 Å². The maximum absolute atomic E-state index is 12.0. The Bertz CT molecular complexity index is 471. The molecular weight excluding hydrogens is 405 g/mol. The van der Waals surface area contributed by atoms with E-state index in [0.29, 0.717) is 13.1 Å². The lowest BCUT2D eigenvalue weighted by Crippen LogP contribution is -2.42. The molecule has 0 aliphatic carbocycles. The summed E-state index contributed by atoms with van der Waals surface area (Å²) in [5, 5.41) is 9.34. The van der Waals surface area contributed by atoms with Gasteiger partial charge in [-0.05, 0) is 39.8 Å². The fourth-order valence-corrected chi connectivity index (χ4v) is 1.91. The van der Waals surface area contributed by atoms with Crippen LogP contribution in [0.15, 0.2) is 29.5 Å². The van der Waals surface area contributed by atoms with Crippen LogP contribution in [0.3, 0.4) is 0 Å². The van der Waals surface area contributed by atoms with Crippen LogP contribution in [0.25, 0.3) is 0 Å². The summed E-state index contributed by atoms with van der Waals surface area (Å²) in [6.07, 6.45) is 4.06. The fourth-order valence-electron chi connectivity index (χ4n) is 1.91. The molecule has 0 aliphatic rings. The van der Waals surface area contributed by atoms with Gasteiger partial charge in [0.1, 0.15) is 0 Å². The van der Waals surface area contributed by atoms with Crippen LogP contribution < -0.4 is 16.0 Å². The van der Waals surface area contributed by atoms with Crippen molar-refractivity contribution in [3.8, 4) is 0 Å². The lowest BCUT2D eigenvalue weighted by Gasteiger charge is -2.22. The lowest BCUT2D eigenvalue weighted by molar-refractivity contribution is -0.128. The van der Waals surface area contributed by atoms with E-state index in [0.717, 1.165) is 25.6 Å². The first-order valence-corrected chi connectivity index (χ1v) is 7.91. The average Bonchev–Trinajstić information content (AvgIpc) is 2.98. The van der Waals surface area contributed by atoms with Crippen molar-refractivity contribution in [3.63, 3.8) is 0 Å². The molecule has 0 aromatic carbocycles. The van der Waals surface area contributed by atoms with Gasteiger partial charge in [-0.1, -0.05) is 0 Å². The second-order valence-electron chi connectivity index (χ2n) is 5.79. The zero-order valence-electron chi connectivity index (χ0n) is 14.6. The Morgan fingerprint density at radius 3 is 2.26 bits per heavy atom. The Hall–Kier alpha value is -1.25. The van der Waals surface area contributed by atoms with E-state index < -0.39 is 5.41 Å². The number of hydrogen-bond donors (Lipinski definition) is 3. The summed E-state index contributed by atoms with van der Waals surface area (Å²) < 4.78 is 2.11. The summed E-state index contributed by atoms with van der Waals surface area (Å²) in [5.41, 5.74) is -0.515. The Morgan fingerprint density at radius 1 is 1.09 bits per heavy atom. The second kappa shape index (κ2) is 11.3. The van der Waals surface area contributed by atoms with Gasteiger partial charge in [0, 0.05) is 38.6 Å². The fraction of sp³-hybridized carbons (Fsp3) is 0.625. The van der Waals surface area contributed by atoms with Gasteiger partial charge < -0.3 is 20.5 Å². The number of aliphatic imine (C=N–C) groups is 1. The van der Waals surface area contributed by atoms with Gasteiger partial charge in [-0.3, -0.25) is 9.79 Å². The molecule has 0 spiro atoms. The number of hydrogen-bond acceptors (Lipinski definition) is 2. The van der Waals surface area contributed by atoms with Crippen LogP contribution in [-0.2, 0) is 11.3 Å². The Balaban J connectivity index is 0.00000484. The highest BCUT2D eigenvalue weighted by Gasteiger charge is 2.26. The summed E-state index contributed by atoms with van der Waals surface area (Å²) in [5.74, 6) is 0.772. The minimum atomic E-state index is -0.515. The van der Waals surface area contributed by atoms with E-state index in [1.54, 1.807) is 0 Å². The number of amides is 1. The highest BCUT2D eigenvalue weighted by molar-refractivity contribution is 14.0. The van der Waals surface area contributed by atoms with Gasteiger partial charge in [-0.15, -0.1) is 24.0 Å². The highest BCUT2D eigenvalue weighted by atomic mass is 127. The number of guanidine groups is 1. The number of carbonyl (C=O) groups is 1. The first-order valence-electron chi connectivity index (χ1n) is 7.91. The normalized spacial score (nSPS) is 11.6. The molecule has 0 saturated carbocycles. The van der Waals surface area contributed by atoms with Crippen molar-refractivity contribution in [1.82, 2.24) is 20.5 Å². The van der Waals surface area contributed by atoms with Gasteiger partial charge in [-0.25, -0.2) is 0 Å². The van der Waals surface area contributed by atoms with Crippen LogP contribution in [0, 0.1) is 5.41 Å². The molecule has 1 aromatic heterocycles. The zero-order chi connectivity index (χ0) is 16.4. The predicted molar refractivity (Wildman–Crippen MR) is 106 cm³/mol. The summed E-state index contributed by atoms with van der Waals surface area (Å²) in [6.45, 7) is 11.3. The van der Waals surface area contributed by atoms with Crippen molar-refractivity contribution >= 4 is 35.8 Å². The predicted octanol–water partition coefficient (Wildman–Crippen LogP) is 1.82. The smallest absolute Gasteiger partial charge is 0.227 e. The van der Waals surface area contributed by atoms with Gasteiger partial charge in [0.25, 0.3) is 0 Å². The van der Waals surface area contributed by atoms with Crippen molar-refractivity contribution in [2.75, 3.05) is 26.2 Å². The molecule has 0 unspecified atom stereocenters. The van der Waals surface area contributed by atoms with E-state index in [2.05, 4.69) is 25.5 Å². The topological polar surface area (TPSA) is 70.4 Å². The van der Waals surface area contributed by atoms with E-state index in [-0.39, 0.29) is 29.9 Å². The van der Waals surface area contributed by atoms with E-state index in [9.17, 15) is 4.79 Å². The Morgan fingerprint density at radius 2 is 1.70 bits per heavy atom. The SMILES string of the molecule is CCNC(=O)C(C)(C)CN=C(NCC)NCCn1cccc1.I. The average molecular weight is 435 g/mol. The molecule has 6 nitrogen and oxygen atoms in total. The molecule has 1 heterocycles. The molecule has 0 bridgehead atoms. The lowest BCUT2D eigenvalue weighted by atomic mass is 9.92. The number of rotatable bonds is 8. The number of nitrogens with one attached hydrogen (secondary N) is 3. The molecular formula is C16H30IN5O. The van der Waals surface area contributed by atoms with Gasteiger partial charge in [0.15, 0.2) is 5.96 Å². The van der Waals surface area contributed by atoms with Gasteiger partial charge >= 0.3 is 0 Å². The van der Waals surface area contributed by atoms with Crippen molar-refractivity contribution in [2.45, 2.75) is 34.2 Å². The third-order valence-electron chi connectivity index (χ3n) is 3.26. The first-order chi connectivity index (χ1) is 10.5. The Labute approximate surface area is 156 Å².